The average Bonchev–Trinajstić information content (AvgIpc) is 3.04. The number of nitriles is 1. The van der Waals surface area contributed by atoms with E-state index >= 15 is 0 Å². The van der Waals surface area contributed by atoms with Crippen molar-refractivity contribution in [3.63, 3.8) is 0 Å². The predicted molar refractivity (Wildman–Crippen MR) is 76.5 cm³/mol. The third kappa shape index (κ3) is 3.94. The smallest absolute Gasteiger partial charge is 0.254 e. The second-order valence-corrected chi connectivity index (χ2v) is 4.49. The van der Waals surface area contributed by atoms with Crippen molar-refractivity contribution in [1.82, 2.24) is 4.90 Å². The fourth-order valence-corrected chi connectivity index (χ4v) is 1.91. The average molecular weight is 284 g/mol. The zero-order valence-electron chi connectivity index (χ0n) is 11.8. The minimum atomic E-state index is -0.118. The van der Waals surface area contributed by atoms with Crippen LogP contribution in [0.5, 0.6) is 0 Å². The van der Waals surface area contributed by atoms with E-state index in [9.17, 15) is 4.79 Å². The molecule has 2 aromatic rings. The molecule has 1 aromatic carbocycles. The summed E-state index contributed by atoms with van der Waals surface area (Å²) in [5.41, 5.74) is 1.07. The van der Waals surface area contributed by atoms with Crippen LogP contribution in [0.3, 0.4) is 0 Å². The van der Waals surface area contributed by atoms with Gasteiger partial charge in [0.2, 0.25) is 0 Å². The highest BCUT2D eigenvalue weighted by Crippen LogP contribution is 2.11. The monoisotopic (exact) mass is 284 g/mol. The lowest BCUT2D eigenvalue weighted by atomic mass is 10.1. The minimum absolute atomic E-state index is 0.118. The molecule has 1 heterocycles. The maximum Gasteiger partial charge on any atom is 0.254 e. The maximum absolute atomic E-state index is 12.5. The van der Waals surface area contributed by atoms with Gasteiger partial charge in [-0.05, 0) is 36.4 Å². The molecule has 108 valence electrons. The van der Waals surface area contributed by atoms with Crippen molar-refractivity contribution < 1.29 is 13.9 Å². The van der Waals surface area contributed by atoms with Crippen LogP contribution in [0.2, 0.25) is 0 Å². The van der Waals surface area contributed by atoms with E-state index in [0.717, 1.165) is 0 Å². The number of carbonyl (C=O) groups excluding carboxylic acids is 1. The highest BCUT2D eigenvalue weighted by Gasteiger charge is 2.17. The van der Waals surface area contributed by atoms with Gasteiger partial charge in [0.25, 0.3) is 5.91 Å². The summed E-state index contributed by atoms with van der Waals surface area (Å²) >= 11 is 0. The molecular formula is C16H16N2O3. The summed E-state index contributed by atoms with van der Waals surface area (Å²) in [7, 11) is 1.59. The SMILES string of the molecule is COCCN(Cc1ccco1)C(=O)c1ccc(C#N)cc1. The molecule has 0 bridgehead atoms. The van der Waals surface area contributed by atoms with Gasteiger partial charge in [-0.1, -0.05) is 0 Å². The topological polar surface area (TPSA) is 66.5 Å². The lowest BCUT2D eigenvalue weighted by Crippen LogP contribution is -2.33. The van der Waals surface area contributed by atoms with Gasteiger partial charge < -0.3 is 14.1 Å². The molecule has 0 N–H and O–H groups in total. The number of furan rings is 1. The maximum atomic E-state index is 12.5. The highest BCUT2D eigenvalue weighted by molar-refractivity contribution is 5.94. The van der Waals surface area contributed by atoms with Crippen LogP contribution >= 0.6 is 0 Å². The first-order valence-corrected chi connectivity index (χ1v) is 6.55. The molecule has 0 aliphatic heterocycles. The van der Waals surface area contributed by atoms with Gasteiger partial charge in [-0.15, -0.1) is 0 Å². The summed E-state index contributed by atoms with van der Waals surface area (Å²) < 4.78 is 10.3. The molecule has 0 radical (unpaired) electrons. The van der Waals surface area contributed by atoms with Crippen LogP contribution in [-0.4, -0.2) is 31.1 Å². The van der Waals surface area contributed by atoms with Crippen molar-refractivity contribution in [1.29, 1.82) is 5.26 Å². The van der Waals surface area contributed by atoms with Crippen LogP contribution in [0.1, 0.15) is 21.7 Å². The van der Waals surface area contributed by atoms with Crippen molar-refractivity contribution in [3.05, 3.63) is 59.5 Å². The van der Waals surface area contributed by atoms with E-state index in [-0.39, 0.29) is 5.91 Å². The second-order valence-electron chi connectivity index (χ2n) is 4.49. The first-order chi connectivity index (χ1) is 10.2. The van der Waals surface area contributed by atoms with Gasteiger partial charge in [-0.2, -0.15) is 5.26 Å². The van der Waals surface area contributed by atoms with Gasteiger partial charge in [0.15, 0.2) is 0 Å². The Kier molecular flexibility index (Phi) is 5.13. The first-order valence-electron chi connectivity index (χ1n) is 6.55. The number of hydrogen-bond donors (Lipinski definition) is 0. The Morgan fingerprint density at radius 3 is 2.67 bits per heavy atom. The number of amides is 1. The van der Waals surface area contributed by atoms with Crippen molar-refractivity contribution in [2.45, 2.75) is 6.54 Å². The molecule has 1 amide bonds. The Labute approximate surface area is 123 Å². The fourth-order valence-electron chi connectivity index (χ4n) is 1.91. The molecule has 1 aromatic heterocycles. The molecule has 0 aliphatic rings. The molecule has 21 heavy (non-hydrogen) atoms. The zero-order valence-corrected chi connectivity index (χ0v) is 11.8. The van der Waals surface area contributed by atoms with Gasteiger partial charge >= 0.3 is 0 Å². The van der Waals surface area contributed by atoms with E-state index < -0.39 is 0 Å². The Bertz CT molecular complexity index is 612. The quantitative estimate of drug-likeness (QED) is 0.817. The van der Waals surface area contributed by atoms with Crippen LogP contribution in [-0.2, 0) is 11.3 Å². The molecule has 5 heteroatoms. The lowest BCUT2D eigenvalue weighted by Gasteiger charge is -2.21. The number of benzene rings is 1. The van der Waals surface area contributed by atoms with Gasteiger partial charge in [-0.25, -0.2) is 0 Å². The number of rotatable bonds is 6. The van der Waals surface area contributed by atoms with Crippen LogP contribution in [0.15, 0.2) is 47.1 Å². The standard InChI is InChI=1S/C16H16N2O3/c1-20-10-8-18(12-15-3-2-9-21-15)16(19)14-6-4-13(11-17)5-7-14/h2-7,9H,8,10,12H2,1H3. The molecule has 2 rings (SSSR count). The molecule has 0 fully saturated rings. The van der Waals surface area contributed by atoms with Crippen molar-refractivity contribution in [2.24, 2.45) is 0 Å². The highest BCUT2D eigenvalue weighted by atomic mass is 16.5. The summed E-state index contributed by atoms with van der Waals surface area (Å²) in [4.78, 5) is 14.2. The van der Waals surface area contributed by atoms with Crippen LogP contribution in [0.25, 0.3) is 0 Å². The molecule has 5 nitrogen and oxygen atoms in total. The molecule has 0 aliphatic carbocycles. The van der Waals surface area contributed by atoms with Gasteiger partial charge in [-0.3, -0.25) is 4.79 Å². The summed E-state index contributed by atoms with van der Waals surface area (Å²) in [6, 6.07) is 12.2. The fraction of sp³-hybridized carbons (Fsp3) is 0.250. The normalized spacial score (nSPS) is 10.1. The number of methoxy groups -OCH3 is 1. The Morgan fingerprint density at radius 2 is 2.10 bits per heavy atom. The lowest BCUT2D eigenvalue weighted by molar-refractivity contribution is 0.0666. The van der Waals surface area contributed by atoms with E-state index in [1.54, 1.807) is 48.6 Å². The Balaban J connectivity index is 2.14. The molecule has 0 unspecified atom stereocenters. The second kappa shape index (κ2) is 7.27. The van der Waals surface area contributed by atoms with E-state index in [4.69, 9.17) is 14.4 Å². The van der Waals surface area contributed by atoms with Crippen molar-refractivity contribution in [2.75, 3.05) is 20.3 Å². The van der Waals surface area contributed by atoms with Crippen molar-refractivity contribution in [3.8, 4) is 6.07 Å². The molecule has 0 atom stereocenters. The number of hydrogen-bond acceptors (Lipinski definition) is 4. The largest absolute Gasteiger partial charge is 0.467 e. The Morgan fingerprint density at radius 1 is 1.33 bits per heavy atom. The van der Waals surface area contributed by atoms with E-state index in [0.29, 0.717) is 36.6 Å². The van der Waals surface area contributed by atoms with E-state index in [1.807, 2.05) is 12.1 Å². The summed E-state index contributed by atoms with van der Waals surface area (Å²) in [6.45, 7) is 1.30. The van der Waals surface area contributed by atoms with Gasteiger partial charge in [0.1, 0.15) is 5.76 Å². The van der Waals surface area contributed by atoms with Crippen molar-refractivity contribution >= 4 is 5.91 Å². The molecular weight excluding hydrogens is 268 g/mol. The van der Waals surface area contributed by atoms with Crippen LogP contribution in [0.4, 0.5) is 0 Å². The van der Waals surface area contributed by atoms with E-state index in [2.05, 4.69) is 0 Å². The number of ether oxygens (including phenoxy) is 1. The van der Waals surface area contributed by atoms with Gasteiger partial charge in [0, 0.05) is 19.2 Å². The van der Waals surface area contributed by atoms with Crippen LogP contribution in [0, 0.1) is 11.3 Å². The molecule has 0 saturated carbocycles. The Hall–Kier alpha value is -2.58. The van der Waals surface area contributed by atoms with E-state index in [1.165, 1.54) is 0 Å². The zero-order chi connectivity index (χ0) is 15.1. The summed E-state index contributed by atoms with van der Waals surface area (Å²) in [5.74, 6) is 0.598. The third-order valence-electron chi connectivity index (χ3n) is 3.04. The molecule has 0 spiro atoms. The summed E-state index contributed by atoms with van der Waals surface area (Å²) in [6.07, 6.45) is 1.58. The first kappa shape index (κ1) is 14.8. The number of carbonyl (C=O) groups is 1. The molecule has 0 saturated heterocycles. The summed E-state index contributed by atoms with van der Waals surface area (Å²) in [5, 5.41) is 8.79. The third-order valence-corrected chi connectivity index (χ3v) is 3.04. The number of nitrogens with zero attached hydrogens (tertiary/aromatic N) is 2. The van der Waals surface area contributed by atoms with Gasteiger partial charge in [0.05, 0.1) is 31.0 Å². The van der Waals surface area contributed by atoms with Crippen LogP contribution < -0.4 is 0 Å². The predicted octanol–water partition coefficient (Wildman–Crippen LogP) is 2.44. The minimum Gasteiger partial charge on any atom is -0.467 e.